The number of benzene rings is 1. The summed E-state index contributed by atoms with van der Waals surface area (Å²) < 4.78 is 10.4. The molecule has 1 aromatic rings. The molecule has 0 radical (unpaired) electrons. The summed E-state index contributed by atoms with van der Waals surface area (Å²) in [7, 11) is 0. The van der Waals surface area contributed by atoms with E-state index in [0.29, 0.717) is 13.2 Å². The van der Waals surface area contributed by atoms with Crippen LogP contribution in [0.1, 0.15) is 24.0 Å². The van der Waals surface area contributed by atoms with E-state index in [1.54, 1.807) is 0 Å². The molecule has 1 aromatic carbocycles. The molecule has 2 rings (SSSR count). The van der Waals surface area contributed by atoms with Crippen LogP contribution in [0.2, 0.25) is 0 Å². The van der Waals surface area contributed by atoms with Gasteiger partial charge in [-0.2, -0.15) is 0 Å². The van der Waals surface area contributed by atoms with Gasteiger partial charge in [0.05, 0.1) is 6.61 Å². The van der Waals surface area contributed by atoms with Gasteiger partial charge in [-0.05, 0) is 48.9 Å². The monoisotopic (exact) mass is 250 g/mol. The van der Waals surface area contributed by atoms with Gasteiger partial charge in [-0.3, -0.25) is 0 Å². The molecule has 0 amide bonds. The molecule has 0 unspecified atom stereocenters. The van der Waals surface area contributed by atoms with E-state index in [1.807, 2.05) is 6.07 Å². The van der Waals surface area contributed by atoms with Crippen LogP contribution in [0, 0.1) is 0 Å². The van der Waals surface area contributed by atoms with Crippen LogP contribution in [-0.4, -0.2) is 30.9 Å². The smallest absolute Gasteiger partial charge is 0.329 e. The second-order valence-electron chi connectivity index (χ2n) is 4.43. The first-order valence-electron chi connectivity index (χ1n) is 6.30. The fourth-order valence-corrected chi connectivity index (χ4v) is 2.18. The molecule has 0 saturated carbocycles. The number of ether oxygens (including phenoxy) is 2. The average molecular weight is 250 g/mol. The highest BCUT2D eigenvalue weighted by atomic mass is 16.5. The van der Waals surface area contributed by atoms with Crippen molar-refractivity contribution < 1.29 is 19.4 Å². The molecule has 4 nitrogen and oxygen atoms in total. The summed E-state index contributed by atoms with van der Waals surface area (Å²) in [6, 6.07) is 6.19. The van der Waals surface area contributed by atoms with Crippen LogP contribution in [0.25, 0.3) is 0 Å². The Hall–Kier alpha value is -1.55. The molecule has 4 heteroatoms. The van der Waals surface area contributed by atoms with Gasteiger partial charge in [0.25, 0.3) is 0 Å². The number of aliphatic carboxylic acids is 1. The Morgan fingerprint density at radius 2 is 1.94 bits per heavy atom. The van der Waals surface area contributed by atoms with E-state index in [4.69, 9.17) is 14.6 Å². The molecule has 0 spiro atoms. The summed E-state index contributed by atoms with van der Waals surface area (Å²) in [5.41, 5.74) is 2.81. The Morgan fingerprint density at radius 1 is 1.17 bits per heavy atom. The second kappa shape index (κ2) is 6.40. The molecule has 98 valence electrons. The highest BCUT2D eigenvalue weighted by Crippen LogP contribution is 2.25. The van der Waals surface area contributed by atoms with Gasteiger partial charge in [0, 0.05) is 0 Å². The van der Waals surface area contributed by atoms with Gasteiger partial charge < -0.3 is 14.6 Å². The summed E-state index contributed by atoms with van der Waals surface area (Å²) in [5.74, 6) is -0.113. The van der Waals surface area contributed by atoms with E-state index in [0.717, 1.165) is 18.6 Å². The number of rotatable bonds is 6. The average Bonchev–Trinajstić information content (AvgIpc) is 2.38. The third kappa shape index (κ3) is 3.74. The van der Waals surface area contributed by atoms with Gasteiger partial charge in [-0.25, -0.2) is 4.79 Å². The lowest BCUT2D eigenvalue weighted by atomic mass is 9.92. The Kier molecular flexibility index (Phi) is 4.59. The predicted molar refractivity (Wildman–Crippen MR) is 67.0 cm³/mol. The lowest BCUT2D eigenvalue weighted by Crippen LogP contribution is -2.13. The van der Waals surface area contributed by atoms with Gasteiger partial charge in [0.2, 0.25) is 0 Å². The third-order valence-electron chi connectivity index (χ3n) is 3.04. The molecule has 0 bridgehead atoms. The highest BCUT2D eigenvalue weighted by molar-refractivity contribution is 5.67. The maximum absolute atomic E-state index is 10.2. The van der Waals surface area contributed by atoms with E-state index in [9.17, 15) is 4.79 Å². The van der Waals surface area contributed by atoms with Crippen LogP contribution < -0.4 is 4.74 Å². The van der Waals surface area contributed by atoms with Crippen molar-refractivity contribution in [2.45, 2.75) is 25.7 Å². The lowest BCUT2D eigenvalue weighted by molar-refractivity contribution is -0.142. The molecule has 18 heavy (non-hydrogen) atoms. The molecule has 1 N–H and O–H groups in total. The van der Waals surface area contributed by atoms with Gasteiger partial charge in [-0.15, -0.1) is 0 Å². The Labute approximate surface area is 107 Å². The minimum Gasteiger partial charge on any atom is -0.491 e. The van der Waals surface area contributed by atoms with Crippen molar-refractivity contribution in [3.63, 3.8) is 0 Å². The molecule has 1 aliphatic carbocycles. The van der Waals surface area contributed by atoms with Crippen molar-refractivity contribution in [3.8, 4) is 5.75 Å². The Morgan fingerprint density at radius 3 is 2.72 bits per heavy atom. The van der Waals surface area contributed by atoms with Crippen LogP contribution in [0.4, 0.5) is 0 Å². The van der Waals surface area contributed by atoms with Gasteiger partial charge in [0.1, 0.15) is 19.0 Å². The molecule has 0 aromatic heterocycles. The van der Waals surface area contributed by atoms with E-state index >= 15 is 0 Å². The SMILES string of the molecule is O=C(O)COCCOc1ccc2c(c1)CCCC2. The maximum atomic E-state index is 10.2. The predicted octanol–water partition coefficient (Wildman–Crippen LogP) is 2.05. The zero-order valence-corrected chi connectivity index (χ0v) is 10.4. The molecule has 0 atom stereocenters. The number of hydrogen-bond acceptors (Lipinski definition) is 3. The quantitative estimate of drug-likeness (QED) is 0.785. The summed E-state index contributed by atoms with van der Waals surface area (Å²) in [4.78, 5) is 10.2. The zero-order chi connectivity index (χ0) is 12.8. The van der Waals surface area contributed by atoms with Crippen molar-refractivity contribution in [3.05, 3.63) is 29.3 Å². The van der Waals surface area contributed by atoms with Crippen LogP contribution in [0.5, 0.6) is 5.75 Å². The first-order valence-corrected chi connectivity index (χ1v) is 6.30. The molecule has 0 aliphatic heterocycles. The lowest BCUT2D eigenvalue weighted by Gasteiger charge is -2.16. The number of carboxylic acids is 1. The van der Waals surface area contributed by atoms with E-state index < -0.39 is 5.97 Å². The summed E-state index contributed by atoms with van der Waals surface area (Å²) in [6.45, 7) is 0.406. The summed E-state index contributed by atoms with van der Waals surface area (Å²) in [5, 5.41) is 8.40. The fourth-order valence-electron chi connectivity index (χ4n) is 2.18. The van der Waals surface area contributed by atoms with E-state index in [2.05, 4.69) is 12.1 Å². The van der Waals surface area contributed by atoms with Crippen molar-refractivity contribution in [1.29, 1.82) is 0 Å². The van der Waals surface area contributed by atoms with E-state index in [-0.39, 0.29) is 6.61 Å². The minimum atomic E-state index is -0.955. The third-order valence-corrected chi connectivity index (χ3v) is 3.04. The van der Waals surface area contributed by atoms with Gasteiger partial charge >= 0.3 is 5.97 Å². The first-order chi connectivity index (χ1) is 8.75. The number of carbonyl (C=O) groups is 1. The first kappa shape index (κ1) is 12.9. The molecule has 0 fully saturated rings. The molecular weight excluding hydrogens is 232 g/mol. The number of carboxylic acid groups (broad SMARTS) is 1. The van der Waals surface area contributed by atoms with Crippen LogP contribution >= 0.6 is 0 Å². The summed E-state index contributed by atoms with van der Waals surface area (Å²) in [6.07, 6.45) is 4.81. The van der Waals surface area contributed by atoms with Crippen molar-refractivity contribution in [2.75, 3.05) is 19.8 Å². The van der Waals surface area contributed by atoms with Gasteiger partial charge in [0.15, 0.2) is 0 Å². The molecule has 0 heterocycles. The zero-order valence-electron chi connectivity index (χ0n) is 10.4. The fraction of sp³-hybridized carbons (Fsp3) is 0.500. The highest BCUT2D eigenvalue weighted by Gasteiger charge is 2.09. The normalized spacial score (nSPS) is 14.0. The second-order valence-corrected chi connectivity index (χ2v) is 4.43. The Bertz CT molecular complexity index is 414. The minimum absolute atomic E-state index is 0.270. The maximum Gasteiger partial charge on any atom is 0.329 e. The van der Waals surface area contributed by atoms with Crippen molar-refractivity contribution in [1.82, 2.24) is 0 Å². The summed E-state index contributed by atoms with van der Waals surface area (Å²) >= 11 is 0. The van der Waals surface area contributed by atoms with Crippen molar-refractivity contribution >= 4 is 5.97 Å². The number of aryl methyl sites for hydroxylation is 2. The largest absolute Gasteiger partial charge is 0.491 e. The van der Waals surface area contributed by atoms with Crippen LogP contribution in [0.3, 0.4) is 0 Å². The Balaban J connectivity index is 1.77. The van der Waals surface area contributed by atoms with Gasteiger partial charge in [-0.1, -0.05) is 6.07 Å². The topological polar surface area (TPSA) is 55.8 Å². The van der Waals surface area contributed by atoms with Crippen LogP contribution in [0.15, 0.2) is 18.2 Å². The standard InChI is InChI=1S/C14H18O4/c15-14(16)10-17-7-8-18-13-6-5-11-3-1-2-4-12(11)9-13/h5-6,9H,1-4,7-8,10H2,(H,15,16). The van der Waals surface area contributed by atoms with E-state index in [1.165, 1.54) is 24.0 Å². The van der Waals surface area contributed by atoms with Crippen molar-refractivity contribution in [2.24, 2.45) is 0 Å². The number of fused-ring (bicyclic) bond motifs is 1. The molecule has 1 aliphatic rings. The molecular formula is C14H18O4. The molecule has 0 saturated heterocycles. The van der Waals surface area contributed by atoms with Crippen LogP contribution in [-0.2, 0) is 22.4 Å². The number of hydrogen-bond donors (Lipinski definition) is 1.